The second kappa shape index (κ2) is 13.5. The molecule has 8 heteroatoms. The summed E-state index contributed by atoms with van der Waals surface area (Å²) in [6, 6.07) is 7.49. The molecule has 148 valence electrons. The first-order chi connectivity index (χ1) is 12.0. The Morgan fingerprint density at radius 3 is 2.27 bits per heavy atom. The van der Waals surface area contributed by atoms with Crippen LogP contribution in [0, 0.1) is 5.92 Å². The van der Waals surface area contributed by atoms with Crippen LogP contribution in [0.3, 0.4) is 0 Å². The van der Waals surface area contributed by atoms with Gasteiger partial charge in [-0.1, -0.05) is 13.8 Å². The van der Waals surface area contributed by atoms with Gasteiger partial charge in [0.05, 0.1) is 13.7 Å². The largest absolute Gasteiger partial charge is 0.497 e. The quantitative estimate of drug-likeness (QED) is 0.246. The van der Waals surface area contributed by atoms with E-state index in [1.807, 2.05) is 50.1 Å². The van der Waals surface area contributed by atoms with Gasteiger partial charge in [0.25, 0.3) is 0 Å². The molecule has 0 saturated carbocycles. The molecule has 0 heterocycles. The fourth-order valence-corrected chi connectivity index (χ4v) is 2.03. The molecule has 0 saturated heterocycles. The van der Waals surface area contributed by atoms with E-state index in [9.17, 15) is 4.79 Å². The first-order valence-electron chi connectivity index (χ1n) is 8.44. The molecule has 1 rings (SSSR count). The molecule has 1 amide bonds. The van der Waals surface area contributed by atoms with E-state index in [0.717, 1.165) is 17.5 Å². The molecule has 0 atom stereocenters. The predicted octanol–water partition coefficient (Wildman–Crippen LogP) is 1.97. The highest BCUT2D eigenvalue weighted by atomic mass is 127. The number of hydrogen-bond acceptors (Lipinski definition) is 4. The zero-order valence-corrected chi connectivity index (χ0v) is 18.6. The third kappa shape index (κ3) is 9.12. The standard InChI is InChI=1S/C18H30N4O3.HI/c1-14(2)17(23)20-10-11-21-18(19-3)22(4)12-13-25-16-8-6-15(24-5)7-9-16;/h6-9,14H,10-13H2,1-5H3,(H,19,21)(H,20,23);1H. The van der Waals surface area contributed by atoms with Crippen LogP contribution in [-0.2, 0) is 4.79 Å². The Hall–Kier alpha value is -1.71. The van der Waals surface area contributed by atoms with Crippen LogP contribution in [0.15, 0.2) is 29.3 Å². The number of aliphatic imine (C=N–C) groups is 1. The van der Waals surface area contributed by atoms with E-state index in [2.05, 4.69) is 15.6 Å². The van der Waals surface area contributed by atoms with Crippen LogP contribution in [0.2, 0.25) is 0 Å². The molecule has 1 aromatic rings. The lowest BCUT2D eigenvalue weighted by Gasteiger charge is -2.22. The van der Waals surface area contributed by atoms with Gasteiger partial charge >= 0.3 is 0 Å². The lowest BCUT2D eigenvalue weighted by molar-refractivity contribution is -0.123. The second-order valence-electron chi connectivity index (χ2n) is 5.87. The van der Waals surface area contributed by atoms with Gasteiger partial charge in [-0.2, -0.15) is 0 Å². The summed E-state index contributed by atoms with van der Waals surface area (Å²) in [6.07, 6.45) is 0. The second-order valence-corrected chi connectivity index (χ2v) is 5.87. The smallest absolute Gasteiger partial charge is 0.222 e. The fourth-order valence-electron chi connectivity index (χ4n) is 2.03. The Balaban J connectivity index is 0.00000625. The summed E-state index contributed by atoms with van der Waals surface area (Å²) in [5.74, 6) is 2.42. The SMILES string of the molecule is CN=C(NCCNC(=O)C(C)C)N(C)CCOc1ccc(OC)cc1.I. The minimum atomic E-state index is -0.00269. The van der Waals surface area contributed by atoms with Crippen molar-refractivity contribution in [3.63, 3.8) is 0 Å². The molecule has 0 fully saturated rings. The molecular weight excluding hydrogens is 447 g/mol. The Morgan fingerprint density at radius 2 is 1.73 bits per heavy atom. The van der Waals surface area contributed by atoms with Crippen LogP contribution in [0.25, 0.3) is 0 Å². The predicted molar refractivity (Wildman–Crippen MR) is 116 cm³/mol. The minimum Gasteiger partial charge on any atom is -0.497 e. The topological polar surface area (TPSA) is 75.2 Å². The van der Waals surface area contributed by atoms with Gasteiger partial charge < -0.3 is 25.0 Å². The van der Waals surface area contributed by atoms with Crippen LogP contribution < -0.4 is 20.1 Å². The van der Waals surface area contributed by atoms with Crippen molar-refractivity contribution in [2.75, 3.05) is 47.4 Å². The number of carbonyl (C=O) groups excluding carboxylic acids is 1. The third-order valence-corrected chi connectivity index (χ3v) is 3.56. The third-order valence-electron chi connectivity index (χ3n) is 3.56. The summed E-state index contributed by atoms with van der Waals surface area (Å²) in [4.78, 5) is 17.7. The monoisotopic (exact) mass is 478 g/mol. The summed E-state index contributed by atoms with van der Waals surface area (Å²) in [6.45, 7) is 6.15. The number of hydrogen-bond donors (Lipinski definition) is 2. The van der Waals surface area contributed by atoms with Crippen LogP contribution in [0.4, 0.5) is 0 Å². The average Bonchev–Trinajstić information content (AvgIpc) is 2.61. The van der Waals surface area contributed by atoms with E-state index in [0.29, 0.717) is 26.2 Å². The Labute approximate surface area is 173 Å². The molecule has 0 aliphatic rings. The molecule has 0 spiro atoms. The normalized spacial score (nSPS) is 10.8. The van der Waals surface area contributed by atoms with Crippen LogP contribution in [0.5, 0.6) is 11.5 Å². The number of nitrogens with zero attached hydrogens (tertiary/aromatic N) is 2. The summed E-state index contributed by atoms with van der Waals surface area (Å²) >= 11 is 0. The number of carbonyl (C=O) groups is 1. The molecule has 2 N–H and O–H groups in total. The van der Waals surface area contributed by atoms with E-state index >= 15 is 0 Å². The number of benzene rings is 1. The van der Waals surface area contributed by atoms with Crippen molar-refractivity contribution in [2.45, 2.75) is 13.8 Å². The molecule has 0 aromatic heterocycles. The molecule has 0 bridgehead atoms. The molecule has 0 unspecified atom stereocenters. The Morgan fingerprint density at radius 1 is 1.15 bits per heavy atom. The number of ether oxygens (including phenoxy) is 2. The molecule has 0 aliphatic carbocycles. The number of methoxy groups -OCH3 is 1. The van der Waals surface area contributed by atoms with Gasteiger partial charge in [-0.25, -0.2) is 0 Å². The maximum atomic E-state index is 11.5. The van der Waals surface area contributed by atoms with Gasteiger partial charge in [-0.15, -0.1) is 24.0 Å². The summed E-state index contributed by atoms with van der Waals surface area (Å²) in [5, 5.41) is 6.08. The van der Waals surface area contributed by atoms with Gasteiger partial charge in [0.2, 0.25) is 5.91 Å². The van der Waals surface area contributed by atoms with Gasteiger partial charge in [-0.05, 0) is 24.3 Å². The maximum Gasteiger partial charge on any atom is 0.222 e. The van der Waals surface area contributed by atoms with Gasteiger partial charge in [-0.3, -0.25) is 9.79 Å². The first-order valence-corrected chi connectivity index (χ1v) is 8.44. The number of halogens is 1. The van der Waals surface area contributed by atoms with Crippen molar-refractivity contribution < 1.29 is 14.3 Å². The highest BCUT2D eigenvalue weighted by Crippen LogP contribution is 2.16. The summed E-state index contributed by atoms with van der Waals surface area (Å²) in [5.41, 5.74) is 0. The lowest BCUT2D eigenvalue weighted by Crippen LogP contribution is -2.44. The van der Waals surface area contributed by atoms with Crippen molar-refractivity contribution in [2.24, 2.45) is 10.9 Å². The first kappa shape index (κ1) is 24.3. The fraction of sp³-hybridized carbons (Fsp3) is 0.556. The van der Waals surface area contributed by atoms with E-state index in [1.54, 1.807) is 14.2 Å². The molecule has 1 aromatic carbocycles. The molecule has 0 radical (unpaired) electrons. The zero-order valence-electron chi connectivity index (χ0n) is 16.2. The molecular formula is C18H31IN4O3. The summed E-state index contributed by atoms with van der Waals surface area (Å²) < 4.78 is 10.8. The van der Waals surface area contributed by atoms with Crippen molar-refractivity contribution in [1.82, 2.24) is 15.5 Å². The Bertz CT molecular complexity index is 550. The van der Waals surface area contributed by atoms with Gasteiger partial charge in [0.1, 0.15) is 18.1 Å². The van der Waals surface area contributed by atoms with Crippen molar-refractivity contribution in [3.05, 3.63) is 24.3 Å². The van der Waals surface area contributed by atoms with Crippen LogP contribution in [-0.4, -0.2) is 64.2 Å². The maximum absolute atomic E-state index is 11.5. The number of amides is 1. The molecule has 0 aliphatic heterocycles. The highest BCUT2D eigenvalue weighted by Gasteiger charge is 2.07. The van der Waals surface area contributed by atoms with Crippen LogP contribution >= 0.6 is 24.0 Å². The Kier molecular flexibility index (Phi) is 12.6. The number of rotatable bonds is 9. The van der Waals surface area contributed by atoms with Crippen molar-refractivity contribution >= 4 is 35.8 Å². The summed E-state index contributed by atoms with van der Waals surface area (Å²) in [7, 11) is 5.31. The number of guanidine groups is 1. The number of nitrogens with one attached hydrogen (secondary N) is 2. The minimum absolute atomic E-state index is 0. The van der Waals surface area contributed by atoms with Crippen molar-refractivity contribution in [1.29, 1.82) is 0 Å². The lowest BCUT2D eigenvalue weighted by atomic mass is 10.2. The van der Waals surface area contributed by atoms with Crippen molar-refractivity contribution in [3.8, 4) is 11.5 Å². The average molecular weight is 478 g/mol. The van der Waals surface area contributed by atoms with E-state index in [1.165, 1.54) is 0 Å². The van der Waals surface area contributed by atoms with Gasteiger partial charge in [0, 0.05) is 33.1 Å². The molecule has 7 nitrogen and oxygen atoms in total. The molecule has 26 heavy (non-hydrogen) atoms. The van der Waals surface area contributed by atoms with E-state index < -0.39 is 0 Å². The number of likely N-dealkylation sites (N-methyl/N-ethyl adjacent to an activating group) is 1. The van der Waals surface area contributed by atoms with Gasteiger partial charge in [0.15, 0.2) is 5.96 Å². The van der Waals surface area contributed by atoms with Crippen LogP contribution in [0.1, 0.15) is 13.8 Å². The van der Waals surface area contributed by atoms with E-state index in [-0.39, 0.29) is 35.8 Å². The zero-order chi connectivity index (χ0) is 18.7. The highest BCUT2D eigenvalue weighted by molar-refractivity contribution is 14.0. The van der Waals surface area contributed by atoms with E-state index in [4.69, 9.17) is 9.47 Å².